The first-order valence-electron chi connectivity index (χ1n) is 11.9. The van der Waals surface area contributed by atoms with Crippen LogP contribution in [0.15, 0.2) is 53.3 Å². The zero-order chi connectivity index (χ0) is 28.5. The normalized spacial score (nSPS) is 11.7. The molecule has 0 fully saturated rings. The highest BCUT2D eigenvalue weighted by Crippen LogP contribution is 2.20. The summed E-state index contributed by atoms with van der Waals surface area (Å²) >= 11 is 1.01. The lowest BCUT2D eigenvalue weighted by Crippen LogP contribution is -2.36. The molecular formula is C28H27FN6O3S. The molecule has 3 rings (SSSR count). The summed E-state index contributed by atoms with van der Waals surface area (Å²) in [6.45, 7) is 2.04. The zero-order valence-electron chi connectivity index (χ0n) is 21.7. The minimum atomic E-state index is -0.649. The maximum absolute atomic E-state index is 13.2. The average molecular weight is 547 g/mol. The van der Waals surface area contributed by atoms with Crippen LogP contribution >= 0.6 is 11.3 Å². The van der Waals surface area contributed by atoms with E-state index in [4.69, 9.17) is 6.42 Å². The molecule has 0 saturated heterocycles. The molecule has 2 aromatic carbocycles. The molecule has 1 heterocycles. The number of halogens is 1. The summed E-state index contributed by atoms with van der Waals surface area (Å²) < 4.78 is 15.1. The summed E-state index contributed by atoms with van der Waals surface area (Å²) in [4.78, 5) is 41.4. The van der Waals surface area contributed by atoms with Gasteiger partial charge in [-0.2, -0.15) is 5.26 Å². The third kappa shape index (κ3) is 6.92. The molecule has 2 N–H and O–H groups in total. The van der Waals surface area contributed by atoms with Crippen LogP contribution in [0.3, 0.4) is 0 Å². The number of thiazole rings is 1. The number of carbonyl (C=O) groups excluding carboxylic acids is 2. The summed E-state index contributed by atoms with van der Waals surface area (Å²) in [5.74, 6) is 1.10. The van der Waals surface area contributed by atoms with Crippen LogP contribution in [-0.4, -0.2) is 43.6 Å². The highest BCUT2D eigenvalue weighted by Gasteiger charge is 2.16. The molecule has 3 aromatic rings. The van der Waals surface area contributed by atoms with Crippen LogP contribution < -0.4 is 35.2 Å². The number of benzene rings is 2. The number of amides is 2. The molecule has 0 spiro atoms. The Morgan fingerprint density at radius 3 is 2.54 bits per heavy atom. The molecule has 0 aliphatic heterocycles. The molecule has 0 bridgehead atoms. The molecule has 11 heteroatoms. The number of terminal acetylenes is 1. The molecule has 1 aromatic heterocycles. The Labute approximate surface area is 229 Å². The first-order chi connectivity index (χ1) is 18.7. The van der Waals surface area contributed by atoms with E-state index in [1.807, 2.05) is 6.07 Å². The van der Waals surface area contributed by atoms with Crippen molar-refractivity contribution < 1.29 is 14.0 Å². The highest BCUT2D eigenvalue weighted by atomic mass is 32.1. The number of hydrogen-bond acceptors (Lipinski definition) is 7. The SMILES string of the molecule is C#CCNC(=O)/C(C#N)=c1\s/c(=C/Nc2cccc(N(C)C(=O)CN(C)c3ccc(F)cc3)c2)c(=O)n1CC. The van der Waals surface area contributed by atoms with Crippen molar-refractivity contribution in [2.24, 2.45) is 0 Å². The van der Waals surface area contributed by atoms with Crippen LogP contribution in [-0.2, 0) is 16.1 Å². The van der Waals surface area contributed by atoms with E-state index in [2.05, 4.69) is 16.6 Å². The first kappa shape index (κ1) is 28.7. The monoisotopic (exact) mass is 546 g/mol. The second-order valence-electron chi connectivity index (χ2n) is 8.32. The number of nitrogens with zero attached hydrogens (tertiary/aromatic N) is 4. The lowest BCUT2D eigenvalue weighted by molar-refractivity contribution is -0.117. The Morgan fingerprint density at radius 1 is 1.18 bits per heavy atom. The average Bonchev–Trinajstić information content (AvgIpc) is 3.25. The van der Waals surface area contributed by atoms with Crippen LogP contribution in [0.4, 0.5) is 21.5 Å². The fourth-order valence-corrected chi connectivity index (χ4v) is 4.69. The number of nitrogens with one attached hydrogen (secondary N) is 2. The number of aromatic nitrogens is 1. The van der Waals surface area contributed by atoms with E-state index >= 15 is 0 Å². The van der Waals surface area contributed by atoms with Crippen LogP contribution in [0.5, 0.6) is 0 Å². The van der Waals surface area contributed by atoms with Gasteiger partial charge in [-0.3, -0.25) is 19.0 Å². The molecule has 39 heavy (non-hydrogen) atoms. The van der Waals surface area contributed by atoms with Gasteiger partial charge in [0.1, 0.15) is 21.1 Å². The summed E-state index contributed by atoms with van der Waals surface area (Å²) in [5, 5.41) is 15.1. The quantitative estimate of drug-likeness (QED) is 0.393. The fraction of sp³-hybridized carbons (Fsp3) is 0.214. The van der Waals surface area contributed by atoms with Crippen LogP contribution in [0.1, 0.15) is 6.92 Å². The maximum atomic E-state index is 13.2. The summed E-state index contributed by atoms with van der Waals surface area (Å²) in [7, 11) is 3.40. The molecule has 0 aliphatic rings. The number of anilines is 3. The number of hydrogen-bond donors (Lipinski definition) is 2. The van der Waals surface area contributed by atoms with Crippen molar-refractivity contribution in [3.63, 3.8) is 0 Å². The van der Waals surface area contributed by atoms with E-state index in [1.165, 1.54) is 27.8 Å². The van der Waals surface area contributed by atoms with E-state index in [9.17, 15) is 24.0 Å². The van der Waals surface area contributed by atoms with Gasteiger partial charge in [0.25, 0.3) is 11.5 Å². The Hall–Kier alpha value is -4.87. The number of nitriles is 1. The fourth-order valence-electron chi connectivity index (χ4n) is 3.60. The molecule has 0 saturated carbocycles. The lowest BCUT2D eigenvalue weighted by atomic mass is 10.2. The second kappa shape index (κ2) is 13.1. The summed E-state index contributed by atoms with van der Waals surface area (Å²) in [6, 6.07) is 14.8. The number of carbonyl (C=O) groups is 2. The third-order valence-electron chi connectivity index (χ3n) is 5.75. The molecular weight excluding hydrogens is 519 g/mol. The smallest absolute Gasteiger partial charge is 0.270 e. The number of likely N-dealkylation sites (N-methyl/N-ethyl adjacent to an activating group) is 2. The van der Waals surface area contributed by atoms with Gasteiger partial charge in [0.15, 0.2) is 5.57 Å². The van der Waals surface area contributed by atoms with Crippen LogP contribution in [0.25, 0.3) is 11.8 Å². The minimum absolute atomic E-state index is 0.0396. The molecule has 0 unspecified atom stereocenters. The van der Waals surface area contributed by atoms with Gasteiger partial charge in [0, 0.05) is 43.9 Å². The second-order valence-corrected chi connectivity index (χ2v) is 9.35. The van der Waals surface area contributed by atoms with Gasteiger partial charge in [0.2, 0.25) is 5.91 Å². The van der Waals surface area contributed by atoms with E-state index in [1.54, 1.807) is 62.3 Å². The van der Waals surface area contributed by atoms with E-state index < -0.39 is 5.91 Å². The van der Waals surface area contributed by atoms with Gasteiger partial charge in [-0.1, -0.05) is 12.0 Å². The van der Waals surface area contributed by atoms with Crippen molar-refractivity contribution in [1.82, 2.24) is 9.88 Å². The first-order valence-corrected chi connectivity index (χ1v) is 12.7. The molecule has 9 nitrogen and oxygen atoms in total. The standard InChI is InChI=1S/C28H27FN6O3S/c1-5-14-31-26(37)23(16-30)28-35(6-2)27(38)24(39-28)17-32-20-8-7-9-22(15-20)34(4)25(36)18-33(3)21-12-10-19(29)11-13-21/h1,7-13,15,17,32H,6,14,18H2,2-4H3,(H,31,37)/b24-17+,28-23-. The van der Waals surface area contributed by atoms with Crippen molar-refractivity contribution in [1.29, 1.82) is 5.26 Å². The molecule has 0 aliphatic carbocycles. The van der Waals surface area contributed by atoms with Gasteiger partial charge in [-0.15, -0.1) is 17.8 Å². The van der Waals surface area contributed by atoms with E-state index in [-0.39, 0.29) is 47.2 Å². The predicted molar refractivity (Wildman–Crippen MR) is 152 cm³/mol. The van der Waals surface area contributed by atoms with Gasteiger partial charge in [-0.25, -0.2) is 4.39 Å². The van der Waals surface area contributed by atoms with Crippen LogP contribution in [0, 0.1) is 29.5 Å². The molecule has 0 radical (unpaired) electrons. The van der Waals surface area contributed by atoms with Crippen molar-refractivity contribution in [3.05, 3.63) is 73.9 Å². The highest BCUT2D eigenvalue weighted by molar-refractivity contribution is 7.07. The Kier molecular flexibility index (Phi) is 9.63. The Morgan fingerprint density at radius 2 is 1.90 bits per heavy atom. The van der Waals surface area contributed by atoms with E-state index in [0.29, 0.717) is 21.6 Å². The summed E-state index contributed by atoms with van der Waals surface area (Å²) in [6.07, 6.45) is 6.67. The van der Waals surface area contributed by atoms with Crippen molar-refractivity contribution >= 4 is 52.0 Å². The number of rotatable bonds is 9. The predicted octanol–water partition coefficient (Wildman–Crippen LogP) is 1.44. The Bertz CT molecular complexity index is 1630. The summed E-state index contributed by atoms with van der Waals surface area (Å²) in [5.41, 5.74) is 1.40. The molecule has 2 amide bonds. The van der Waals surface area contributed by atoms with Gasteiger partial charge >= 0.3 is 0 Å². The maximum Gasteiger partial charge on any atom is 0.270 e. The zero-order valence-corrected chi connectivity index (χ0v) is 22.5. The van der Waals surface area contributed by atoms with Gasteiger partial charge in [0.05, 0.1) is 13.1 Å². The largest absolute Gasteiger partial charge is 0.365 e. The topological polar surface area (TPSA) is 110 Å². The molecule has 0 atom stereocenters. The van der Waals surface area contributed by atoms with Crippen molar-refractivity contribution in [2.75, 3.05) is 42.3 Å². The van der Waals surface area contributed by atoms with E-state index in [0.717, 1.165) is 11.3 Å². The Balaban J connectivity index is 1.83. The van der Waals surface area contributed by atoms with Gasteiger partial charge in [-0.05, 0) is 49.4 Å². The lowest BCUT2D eigenvalue weighted by Gasteiger charge is -2.23. The molecule has 200 valence electrons. The van der Waals surface area contributed by atoms with Crippen LogP contribution in [0.2, 0.25) is 0 Å². The van der Waals surface area contributed by atoms with Crippen molar-refractivity contribution in [2.45, 2.75) is 13.5 Å². The van der Waals surface area contributed by atoms with Gasteiger partial charge < -0.3 is 20.4 Å². The minimum Gasteiger partial charge on any atom is -0.365 e. The van der Waals surface area contributed by atoms with Crippen molar-refractivity contribution in [3.8, 4) is 18.4 Å². The third-order valence-corrected chi connectivity index (χ3v) is 6.88.